The summed E-state index contributed by atoms with van der Waals surface area (Å²) in [5.41, 5.74) is 2.05. The van der Waals surface area contributed by atoms with E-state index in [0.29, 0.717) is 56.6 Å². The van der Waals surface area contributed by atoms with Crippen molar-refractivity contribution in [1.82, 2.24) is 0 Å². The van der Waals surface area contributed by atoms with Gasteiger partial charge >= 0.3 is 0 Å². The van der Waals surface area contributed by atoms with Gasteiger partial charge in [0, 0.05) is 6.42 Å². The average molecular weight is 314 g/mol. The van der Waals surface area contributed by atoms with Crippen LogP contribution in [0.25, 0.3) is 0 Å². The fourth-order valence-corrected chi connectivity index (χ4v) is 2.39. The maximum atomic E-state index is 10.3. The Morgan fingerprint density at radius 3 is 2.70 bits per heavy atom. The Hall–Kier alpha value is -2.69. The van der Waals surface area contributed by atoms with Crippen molar-refractivity contribution in [3.63, 3.8) is 0 Å². The molecule has 0 spiro atoms. The van der Waals surface area contributed by atoms with Crippen molar-refractivity contribution < 1.29 is 23.7 Å². The molecule has 0 atom stereocenters. The Morgan fingerprint density at radius 1 is 1.04 bits per heavy atom. The Morgan fingerprint density at radius 2 is 1.87 bits per heavy atom. The molecule has 2 aromatic carbocycles. The lowest BCUT2D eigenvalue weighted by molar-refractivity contribution is -0.128. The second-order valence-corrected chi connectivity index (χ2v) is 5.11. The van der Waals surface area contributed by atoms with Crippen LogP contribution in [0.5, 0.6) is 17.2 Å². The molecule has 2 aromatic rings. The summed E-state index contributed by atoms with van der Waals surface area (Å²) in [6.07, 6.45) is 0.594. The van der Waals surface area contributed by atoms with Gasteiger partial charge in [-0.05, 0) is 23.3 Å². The molecule has 1 aliphatic heterocycles. The zero-order valence-electron chi connectivity index (χ0n) is 12.7. The van der Waals surface area contributed by atoms with E-state index >= 15 is 0 Å². The summed E-state index contributed by atoms with van der Waals surface area (Å²) in [6, 6.07) is 13.7. The molecule has 0 saturated carbocycles. The maximum absolute atomic E-state index is 10.3. The van der Waals surface area contributed by atoms with Crippen LogP contribution in [0.2, 0.25) is 0 Å². The smallest absolute Gasteiger partial charge is 0.293 e. The minimum absolute atomic E-state index is 0.321. The largest absolute Gasteiger partial charge is 0.486 e. The third-order valence-electron chi connectivity index (χ3n) is 3.48. The molecule has 3 rings (SSSR count). The number of rotatable bonds is 7. The first-order chi connectivity index (χ1) is 11.4. The van der Waals surface area contributed by atoms with Gasteiger partial charge in [0.2, 0.25) is 5.75 Å². The molecule has 0 amide bonds. The summed E-state index contributed by atoms with van der Waals surface area (Å²) in [5.74, 6) is 1.95. The second kappa shape index (κ2) is 7.54. The number of hydrogen-bond donors (Lipinski definition) is 0. The molecule has 0 aromatic heterocycles. The lowest BCUT2D eigenvalue weighted by Crippen LogP contribution is -2.16. The molecule has 5 nitrogen and oxygen atoms in total. The van der Waals surface area contributed by atoms with Crippen molar-refractivity contribution in [1.29, 1.82) is 0 Å². The fraction of sp³-hybridized carbons (Fsp3) is 0.278. The van der Waals surface area contributed by atoms with E-state index in [1.54, 1.807) is 0 Å². The standard InChI is InChI=1S/C18H18O5/c19-13-20-7-6-15-10-16-18(22-9-8-21-16)17(11-15)23-12-14-4-2-1-3-5-14/h1-5,10-11,13H,6-9,12H2. The third kappa shape index (κ3) is 3.94. The van der Waals surface area contributed by atoms with E-state index in [2.05, 4.69) is 0 Å². The monoisotopic (exact) mass is 314 g/mol. The Bertz CT molecular complexity index is 654. The maximum Gasteiger partial charge on any atom is 0.293 e. The van der Waals surface area contributed by atoms with Gasteiger partial charge in [-0.3, -0.25) is 4.79 Å². The highest BCUT2D eigenvalue weighted by Crippen LogP contribution is 2.41. The van der Waals surface area contributed by atoms with Crippen molar-refractivity contribution in [2.45, 2.75) is 13.0 Å². The topological polar surface area (TPSA) is 54.0 Å². The Labute approximate surface area is 134 Å². The van der Waals surface area contributed by atoms with Crippen LogP contribution in [0.4, 0.5) is 0 Å². The van der Waals surface area contributed by atoms with Crippen LogP contribution in [0.1, 0.15) is 11.1 Å². The van der Waals surface area contributed by atoms with Gasteiger partial charge in [-0.15, -0.1) is 0 Å². The van der Waals surface area contributed by atoms with Gasteiger partial charge in [-0.25, -0.2) is 0 Å². The van der Waals surface area contributed by atoms with Gasteiger partial charge in [0.15, 0.2) is 11.5 Å². The lowest BCUT2D eigenvalue weighted by atomic mass is 10.1. The van der Waals surface area contributed by atoms with E-state index in [0.717, 1.165) is 11.1 Å². The van der Waals surface area contributed by atoms with Gasteiger partial charge < -0.3 is 18.9 Å². The zero-order valence-corrected chi connectivity index (χ0v) is 12.7. The third-order valence-corrected chi connectivity index (χ3v) is 3.48. The molecule has 0 bridgehead atoms. The van der Waals surface area contributed by atoms with E-state index in [1.165, 1.54) is 0 Å². The Kier molecular flexibility index (Phi) is 4.99. The van der Waals surface area contributed by atoms with Crippen molar-refractivity contribution in [2.24, 2.45) is 0 Å². The number of fused-ring (bicyclic) bond motifs is 1. The number of carbonyl (C=O) groups is 1. The number of benzene rings is 2. The summed E-state index contributed by atoms with van der Waals surface area (Å²) < 4.78 is 22.0. The predicted molar refractivity (Wildman–Crippen MR) is 83.9 cm³/mol. The first-order valence-corrected chi connectivity index (χ1v) is 7.51. The van der Waals surface area contributed by atoms with Crippen LogP contribution in [0.3, 0.4) is 0 Å². The van der Waals surface area contributed by atoms with Crippen LogP contribution in [-0.4, -0.2) is 26.3 Å². The molecule has 120 valence electrons. The van der Waals surface area contributed by atoms with Gasteiger partial charge in [-0.1, -0.05) is 30.3 Å². The van der Waals surface area contributed by atoms with E-state index in [9.17, 15) is 4.79 Å². The minimum atomic E-state index is 0.321. The minimum Gasteiger partial charge on any atom is -0.486 e. The molecule has 1 aliphatic rings. The summed E-state index contributed by atoms with van der Waals surface area (Å²) in [5, 5.41) is 0. The molecule has 23 heavy (non-hydrogen) atoms. The number of ether oxygens (including phenoxy) is 4. The van der Waals surface area contributed by atoms with Gasteiger partial charge in [0.05, 0.1) is 6.61 Å². The molecule has 0 saturated heterocycles. The first-order valence-electron chi connectivity index (χ1n) is 7.51. The van der Waals surface area contributed by atoms with Crippen molar-refractivity contribution in [2.75, 3.05) is 19.8 Å². The van der Waals surface area contributed by atoms with E-state index in [-0.39, 0.29) is 0 Å². The fourth-order valence-electron chi connectivity index (χ4n) is 2.39. The number of carbonyl (C=O) groups excluding carboxylic acids is 1. The van der Waals surface area contributed by atoms with Crippen LogP contribution in [-0.2, 0) is 22.6 Å². The molecule has 5 heteroatoms. The quantitative estimate of drug-likeness (QED) is 0.581. The highest BCUT2D eigenvalue weighted by molar-refractivity contribution is 5.54. The highest BCUT2D eigenvalue weighted by atomic mass is 16.6. The van der Waals surface area contributed by atoms with Crippen LogP contribution < -0.4 is 14.2 Å². The SMILES string of the molecule is O=COCCc1cc2c(c(OCc3ccccc3)c1)OCCO2. The van der Waals surface area contributed by atoms with E-state index < -0.39 is 0 Å². The van der Waals surface area contributed by atoms with Gasteiger partial charge in [0.1, 0.15) is 19.8 Å². The molecule has 0 radical (unpaired) electrons. The van der Waals surface area contributed by atoms with Gasteiger partial charge in [-0.2, -0.15) is 0 Å². The Balaban J connectivity index is 1.78. The molecular weight excluding hydrogens is 296 g/mol. The van der Waals surface area contributed by atoms with Crippen molar-refractivity contribution in [3.05, 3.63) is 53.6 Å². The normalized spacial score (nSPS) is 12.5. The van der Waals surface area contributed by atoms with Crippen LogP contribution in [0, 0.1) is 0 Å². The predicted octanol–water partition coefficient (Wildman–Crippen LogP) is 2.75. The first kappa shape index (κ1) is 15.2. The second-order valence-electron chi connectivity index (χ2n) is 5.11. The lowest BCUT2D eigenvalue weighted by Gasteiger charge is -2.22. The molecule has 0 aliphatic carbocycles. The van der Waals surface area contributed by atoms with Crippen LogP contribution >= 0.6 is 0 Å². The average Bonchev–Trinajstić information content (AvgIpc) is 2.61. The summed E-state index contributed by atoms with van der Waals surface area (Å²) in [7, 11) is 0. The van der Waals surface area contributed by atoms with E-state index in [4.69, 9.17) is 18.9 Å². The molecule has 1 heterocycles. The molecule has 0 fully saturated rings. The van der Waals surface area contributed by atoms with E-state index in [1.807, 2.05) is 42.5 Å². The summed E-state index contributed by atoms with van der Waals surface area (Å²) in [6.45, 7) is 2.23. The number of hydrogen-bond acceptors (Lipinski definition) is 5. The molecular formula is C18H18O5. The molecule has 0 N–H and O–H groups in total. The van der Waals surface area contributed by atoms with Crippen molar-refractivity contribution in [3.8, 4) is 17.2 Å². The zero-order chi connectivity index (χ0) is 15.9. The van der Waals surface area contributed by atoms with Crippen LogP contribution in [0.15, 0.2) is 42.5 Å². The summed E-state index contributed by atoms with van der Waals surface area (Å²) in [4.78, 5) is 10.3. The summed E-state index contributed by atoms with van der Waals surface area (Å²) >= 11 is 0. The molecule has 0 unspecified atom stereocenters. The van der Waals surface area contributed by atoms with Gasteiger partial charge in [0.25, 0.3) is 6.47 Å². The van der Waals surface area contributed by atoms with Crippen molar-refractivity contribution >= 4 is 6.47 Å². The highest BCUT2D eigenvalue weighted by Gasteiger charge is 2.19.